The molecule has 4 rings (SSSR count). The predicted molar refractivity (Wildman–Crippen MR) is 141 cm³/mol. The van der Waals surface area contributed by atoms with E-state index in [2.05, 4.69) is 4.98 Å². The average molecular weight is 551 g/mol. The van der Waals surface area contributed by atoms with Gasteiger partial charge in [0.1, 0.15) is 0 Å². The van der Waals surface area contributed by atoms with Crippen LogP contribution in [0.2, 0.25) is 0 Å². The smallest absolute Gasteiger partial charge is 0.266 e. The molecule has 0 atom stereocenters. The summed E-state index contributed by atoms with van der Waals surface area (Å²) in [4.78, 5) is 18.5. The number of carbonyl (C=O) groups excluding carboxylic acids is 1. The normalized spacial score (nSPS) is 15.5. The molecule has 1 saturated heterocycles. The number of para-hydroxylation sites is 1. The van der Waals surface area contributed by atoms with Gasteiger partial charge in [-0.25, -0.2) is 21.5 Å². The van der Waals surface area contributed by atoms with Gasteiger partial charge in [-0.15, -0.1) is 0 Å². The molecule has 3 N–H and O–H groups in total. The number of aromatic amines is 1. The van der Waals surface area contributed by atoms with Crippen LogP contribution < -0.4 is 4.90 Å². The molecule has 0 radical (unpaired) electrons. The molecular formula is C26H32F2N4O5S. The van der Waals surface area contributed by atoms with Gasteiger partial charge in [-0.05, 0) is 30.3 Å². The zero-order chi connectivity index (χ0) is 27.5. The van der Waals surface area contributed by atoms with E-state index in [0.717, 1.165) is 15.2 Å². The van der Waals surface area contributed by atoms with Gasteiger partial charge in [0.25, 0.3) is 5.92 Å². The minimum absolute atomic E-state index is 0.0293. The van der Waals surface area contributed by atoms with E-state index in [4.69, 9.17) is 10.2 Å². The van der Waals surface area contributed by atoms with Crippen LogP contribution in [0.3, 0.4) is 0 Å². The first-order valence-corrected chi connectivity index (χ1v) is 13.8. The zero-order valence-corrected chi connectivity index (χ0v) is 21.9. The molecule has 9 nitrogen and oxygen atoms in total. The number of aromatic nitrogens is 1. The third-order valence-electron chi connectivity index (χ3n) is 6.74. The number of hydrogen-bond acceptors (Lipinski definition) is 6. The number of anilines is 1. The Morgan fingerprint density at radius 3 is 2.42 bits per heavy atom. The molecule has 2 aromatic carbocycles. The number of hydrogen-bond donors (Lipinski definition) is 3. The number of rotatable bonds is 11. The molecular weight excluding hydrogens is 518 g/mol. The van der Waals surface area contributed by atoms with Crippen molar-refractivity contribution in [1.29, 1.82) is 0 Å². The van der Waals surface area contributed by atoms with E-state index in [0.29, 0.717) is 16.9 Å². The summed E-state index contributed by atoms with van der Waals surface area (Å²) in [5.41, 5.74) is 2.44. The van der Waals surface area contributed by atoms with Crippen molar-refractivity contribution in [3.63, 3.8) is 0 Å². The van der Waals surface area contributed by atoms with Crippen molar-refractivity contribution < 1.29 is 32.2 Å². The first kappa shape index (κ1) is 28.0. The van der Waals surface area contributed by atoms with Crippen LogP contribution in [0.1, 0.15) is 12.8 Å². The van der Waals surface area contributed by atoms with E-state index in [1.54, 1.807) is 11.0 Å². The third kappa shape index (κ3) is 5.98. The number of alkyl halides is 2. The maximum absolute atomic E-state index is 14.0. The monoisotopic (exact) mass is 550 g/mol. The quantitative estimate of drug-likeness (QED) is 0.338. The average Bonchev–Trinajstić information content (AvgIpc) is 3.49. The highest BCUT2D eigenvalue weighted by Gasteiger charge is 2.39. The van der Waals surface area contributed by atoms with Crippen molar-refractivity contribution in [2.24, 2.45) is 0 Å². The predicted octanol–water partition coefficient (Wildman–Crippen LogP) is 2.50. The van der Waals surface area contributed by atoms with E-state index < -0.39 is 22.5 Å². The summed E-state index contributed by atoms with van der Waals surface area (Å²) in [7, 11) is -2.66. The molecule has 0 saturated carbocycles. The highest BCUT2D eigenvalue weighted by Crippen LogP contribution is 2.39. The zero-order valence-electron chi connectivity index (χ0n) is 21.1. The van der Waals surface area contributed by atoms with Crippen molar-refractivity contribution >= 4 is 32.5 Å². The molecule has 1 aromatic heterocycles. The number of aliphatic hydroxyl groups is 2. The standard InChI is InChI=1S/C26H32F2N4O5S/c1-30(10-8-25(35)31(12-14-33)13-15-34)38(36,37)20-6-7-24(32-11-9-26(27,28)18-32)21(17-20)23-16-19-4-2-3-5-22(19)29-23/h2-7,16-17,29,33-34H,8-15,18H2,1H3. The number of nitrogens with one attached hydrogen (secondary N) is 1. The molecule has 0 spiro atoms. The fraction of sp³-hybridized carbons (Fsp3) is 0.423. The number of fused-ring (bicyclic) bond motifs is 1. The fourth-order valence-corrected chi connectivity index (χ4v) is 5.84. The maximum Gasteiger partial charge on any atom is 0.266 e. The van der Waals surface area contributed by atoms with Crippen molar-refractivity contribution in [1.82, 2.24) is 14.2 Å². The minimum atomic E-state index is -4.03. The fourth-order valence-electron chi connectivity index (χ4n) is 4.64. The van der Waals surface area contributed by atoms with Crippen LogP contribution >= 0.6 is 0 Å². The van der Waals surface area contributed by atoms with Gasteiger partial charge < -0.3 is 25.0 Å². The van der Waals surface area contributed by atoms with E-state index >= 15 is 0 Å². The van der Waals surface area contributed by atoms with E-state index in [1.807, 2.05) is 30.3 Å². The summed E-state index contributed by atoms with van der Waals surface area (Å²) in [6, 6.07) is 13.8. The topological polar surface area (TPSA) is 117 Å². The van der Waals surface area contributed by atoms with E-state index in [9.17, 15) is 22.0 Å². The van der Waals surface area contributed by atoms with Crippen LogP contribution in [0, 0.1) is 0 Å². The molecule has 0 bridgehead atoms. The van der Waals surface area contributed by atoms with Crippen LogP contribution in [-0.4, -0.2) is 97.6 Å². The van der Waals surface area contributed by atoms with E-state index in [-0.39, 0.29) is 63.0 Å². The number of carbonyl (C=O) groups is 1. The number of halogens is 2. The molecule has 1 amide bonds. The molecule has 3 aromatic rings. The highest BCUT2D eigenvalue weighted by molar-refractivity contribution is 7.89. The van der Waals surface area contributed by atoms with E-state index in [1.165, 1.54) is 24.1 Å². The van der Waals surface area contributed by atoms with Crippen LogP contribution in [0.25, 0.3) is 22.2 Å². The van der Waals surface area contributed by atoms with Gasteiger partial charge in [0.15, 0.2) is 0 Å². The summed E-state index contributed by atoms with van der Waals surface area (Å²) >= 11 is 0. The van der Waals surface area contributed by atoms with Gasteiger partial charge >= 0.3 is 0 Å². The molecule has 12 heteroatoms. The second-order valence-electron chi connectivity index (χ2n) is 9.38. The van der Waals surface area contributed by atoms with Gasteiger partial charge in [-0.1, -0.05) is 18.2 Å². The van der Waals surface area contributed by atoms with Gasteiger partial charge in [0.05, 0.1) is 24.7 Å². The number of sulfonamides is 1. The number of amides is 1. The largest absolute Gasteiger partial charge is 0.395 e. The van der Waals surface area contributed by atoms with Crippen LogP contribution in [0.4, 0.5) is 14.5 Å². The van der Waals surface area contributed by atoms with Gasteiger partial charge in [-0.2, -0.15) is 0 Å². The van der Waals surface area contributed by atoms with Crippen LogP contribution in [-0.2, 0) is 14.8 Å². The summed E-state index contributed by atoms with van der Waals surface area (Å²) in [6.07, 6.45) is -0.412. The molecule has 38 heavy (non-hydrogen) atoms. The summed E-state index contributed by atoms with van der Waals surface area (Å²) < 4.78 is 56.0. The number of nitrogens with zero attached hydrogens (tertiary/aromatic N) is 3. The van der Waals surface area contributed by atoms with Crippen molar-refractivity contribution in [2.45, 2.75) is 23.7 Å². The van der Waals surface area contributed by atoms with Crippen molar-refractivity contribution in [3.05, 3.63) is 48.5 Å². The summed E-state index contributed by atoms with van der Waals surface area (Å²) in [6.45, 7) is -0.881. The lowest BCUT2D eigenvalue weighted by atomic mass is 10.1. The summed E-state index contributed by atoms with van der Waals surface area (Å²) in [5.74, 6) is -3.21. The highest BCUT2D eigenvalue weighted by atomic mass is 32.2. The number of aliphatic hydroxyl groups excluding tert-OH is 2. The lowest BCUT2D eigenvalue weighted by Gasteiger charge is -2.24. The molecule has 0 unspecified atom stereocenters. The van der Waals surface area contributed by atoms with Gasteiger partial charge in [0.2, 0.25) is 15.9 Å². The first-order chi connectivity index (χ1) is 18.1. The Kier molecular flexibility index (Phi) is 8.36. The molecule has 206 valence electrons. The van der Waals surface area contributed by atoms with Crippen molar-refractivity contribution in [3.8, 4) is 11.3 Å². The minimum Gasteiger partial charge on any atom is -0.395 e. The Bertz CT molecular complexity index is 1360. The number of H-pyrrole nitrogens is 1. The Hall–Kier alpha value is -3.06. The second kappa shape index (κ2) is 11.4. The maximum atomic E-state index is 14.0. The first-order valence-electron chi connectivity index (χ1n) is 12.4. The summed E-state index contributed by atoms with van der Waals surface area (Å²) in [5, 5.41) is 19.2. The second-order valence-corrected chi connectivity index (χ2v) is 11.4. The Labute approximate surface area is 220 Å². The molecule has 1 aliphatic heterocycles. The third-order valence-corrected chi connectivity index (χ3v) is 8.59. The SMILES string of the molecule is CN(CCC(=O)N(CCO)CCO)S(=O)(=O)c1ccc(N2CCC(F)(F)C2)c(-c2cc3ccccc3[nH]2)c1. The van der Waals surface area contributed by atoms with Crippen molar-refractivity contribution in [2.75, 3.05) is 57.9 Å². The lowest BCUT2D eigenvalue weighted by Crippen LogP contribution is -2.38. The van der Waals surface area contributed by atoms with Crippen LogP contribution in [0.5, 0.6) is 0 Å². The van der Waals surface area contributed by atoms with Crippen LogP contribution in [0.15, 0.2) is 53.4 Å². The molecule has 1 aliphatic rings. The number of benzene rings is 2. The molecule has 0 aliphatic carbocycles. The molecule has 1 fully saturated rings. The lowest BCUT2D eigenvalue weighted by molar-refractivity contribution is -0.132. The Morgan fingerprint density at radius 2 is 1.79 bits per heavy atom. The Morgan fingerprint density at radius 1 is 1.08 bits per heavy atom. The van der Waals surface area contributed by atoms with Gasteiger partial charge in [0, 0.05) is 73.9 Å². The Balaban J connectivity index is 1.64. The van der Waals surface area contributed by atoms with Gasteiger partial charge in [-0.3, -0.25) is 4.79 Å². The molecule has 2 heterocycles.